The van der Waals surface area contributed by atoms with E-state index in [0.29, 0.717) is 27.8 Å². The van der Waals surface area contributed by atoms with E-state index >= 15 is 0 Å². The van der Waals surface area contributed by atoms with Crippen molar-refractivity contribution < 1.29 is 33.3 Å². The molecule has 2 heterocycles. The third-order valence-corrected chi connectivity index (χ3v) is 6.74. The van der Waals surface area contributed by atoms with Gasteiger partial charge < -0.3 is 18.9 Å². The van der Waals surface area contributed by atoms with E-state index in [4.69, 9.17) is 14.2 Å². The Balaban J connectivity index is 0.000000346. The average molecular weight is 499 g/mol. The smallest absolute Gasteiger partial charge is 0.348 e. The highest BCUT2D eigenvalue weighted by atomic mass is 32.1. The molecular weight excluding hydrogens is 464 g/mol. The lowest BCUT2D eigenvalue weighted by Gasteiger charge is -2.14. The van der Waals surface area contributed by atoms with Gasteiger partial charge in [-0.2, -0.15) is 0 Å². The van der Waals surface area contributed by atoms with Gasteiger partial charge in [0.15, 0.2) is 12.6 Å². The van der Waals surface area contributed by atoms with Crippen molar-refractivity contribution in [2.24, 2.45) is 0 Å². The molecule has 33 heavy (non-hydrogen) atoms. The quantitative estimate of drug-likeness (QED) is 0.219. The molecule has 7 nitrogen and oxygen atoms in total. The highest BCUT2D eigenvalue weighted by Crippen LogP contribution is 2.34. The zero-order valence-corrected chi connectivity index (χ0v) is 22.2. The Kier molecular flexibility index (Phi) is 12.5. The summed E-state index contributed by atoms with van der Waals surface area (Å²) in [6.07, 6.45) is 0.346. The minimum Gasteiger partial charge on any atom is -0.465 e. The standard InChI is InChI=1S/C14H22O4S.C10H12O3S/c1-6-17-14(18-7-2)11-8-10(9(3)4)12(19-11)13(15)16-5;1-6(2)8-4-7(5-11)14-9(8)10(12)13-3/h8-9,14H,6-7H2,1-5H3;4-6H,1-3H3. The first kappa shape index (κ1) is 29.0. The highest BCUT2D eigenvalue weighted by molar-refractivity contribution is 7.15. The topological polar surface area (TPSA) is 88.1 Å². The van der Waals surface area contributed by atoms with E-state index in [1.807, 2.05) is 33.8 Å². The van der Waals surface area contributed by atoms with Crippen LogP contribution < -0.4 is 0 Å². The number of ether oxygens (including phenoxy) is 4. The van der Waals surface area contributed by atoms with Crippen molar-refractivity contribution in [2.45, 2.75) is 59.7 Å². The van der Waals surface area contributed by atoms with Crippen LogP contribution in [-0.4, -0.2) is 45.7 Å². The molecule has 2 rings (SSSR count). The molecule has 0 fully saturated rings. The van der Waals surface area contributed by atoms with Crippen molar-refractivity contribution in [1.29, 1.82) is 0 Å². The van der Waals surface area contributed by atoms with Crippen LogP contribution in [0.3, 0.4) is 0 Å². The van der Waals surface area contributed by atoms with Gasteiger partial charge >= 0.3 is 11.9 Å². The predicted molar refractivity (Wildman–Crippen MR) is 131 cm³/mol. The van der Waals surface area contributed by atoms with Gasteiger partial charge in [-0.25, -0.2) is 9.59 Å². The summed E-state index contributed by atoms with van der Waals surface area (Å²) in [7, 11) is 2.74. The molecule has 2 aromatic heterocycles. The van der Waals surface area contributed by atoms with Gasteiger partial charge in [-0.1, -0.05) is 27.7 Å². The van der Waals surface area contributed by atoms with E-state index in [-0.39, 0.29) is 23.8 Å². The van der Waals surface area contributed by atoms with Crippen molar-refractivity contribution in [1.82, 2.24) is 0 Å². The molecule has 2 aromatic rings. The highest BCUT2D eigenvalue weighted by Gasteiger charge is 2.23. The third-order valence-electron chi connectivity index (χ3n) is 4.53. The molecule has 9 heteroatoms. The van der Waals surface area contributed by atoms with Crippen molar-refractivity contribution in [3.8, 4) is 0 Å². The Morgan fingerprint density at radius 3 is 1.70 bits per heavy atom. The first-order valence-corrected chi connectivity index (χ1v) is 12.4. The second-order valence-corrected chi connectivity index (χ2v) is 9.69. The van der Waals surface area contributed by atoms with Crippen LogP contribution in [0.5, 0.6) is 0 Å². The van der Waals surface area contributed by atoms with Crippen molar-refractivity contribution >= 4 is 40.9 Å². The van der Waals surface area contributed by atoms with E-state index in [2.05, 4.69) is 18.6 Å². The van der Waals surface area contributed by atoms with Gasteiger partial charge in [0.1, 0.15) is 9.75 Å². The molecule has 0 aromatic carbocycles. The average Bonchev–Trinajstić information content (AvgIpc) is 3.43. The summed E-state index contributed by atoms with van der Waals surface area (Å²) in [6.45, 7) is 13.0. The zero-order chi connectivity index (χ0) is 25.1. The third kappa shape index (κ3) is 8.03. The van der Waals surface area contributed by atoms with Crippen molar-refractivity contribution in [3.05, 3.63) is 42.8 Å². The molecule has 0 unspecified atom stereocenters. The van der Waals surface area contributed by atoms with Crippen LogP contribution in [0.1, 0.15) is 105 Å². The molecule has 0 N–H and O–H groups in total. The van der Waals surface area contributed by atoms with Crippen LogP contribution >= 0.6 is 22.7 Å². The SMILES string of the molecule is CCOC(OCC)c1cc(C(C)C)c(C(=O)OC)s1.COC(=O)c1sc(C=O)cc1C(C)C. The second kappa shape index (κ2) is 14.2. The predicted octanol–water partition coefficient (Wildman–Crippen LogP) is 6.20. The summed E-state index contributed by atoms with van der Waals surface area (Å²) in [4.78, 5) is 36.3. The van der Waals surface area contributed by atoms with Crippen LogP contribution in [0.25, 0.3) is 0 Å². The van der Waals surface area contributed by atoms with Crippen LogP contribution in [0.4, 0.5) is 0 Å². The van der Waals surface area contributed by atoms with E-state index in [1.165, 1.54) is 36.9 Å². The molecule has 0 amide bonds. The Morgan fingerprint density at radius 2 is 1.30 bits per heavy atom. The van der Waals surface area contributed by atoms with Crippen LogP contribution in [0, 0.1) is 0 Å². The molecule has 0 aliphatic heterocycles. The van der Waals surface area contributed by atoms with Gasteiger partial charge in [0, 0.05) is 13.2 Å². The van der Waals surface area contributed by atoms with Crippen LogP contribution in [0.15, 0.2) is 12.1 Å². The molecule has 0 saturated heterocycles. The number of thiophene rings is 2. The van der Waals surface area contributed by atoms with E-state index in [0.717, 1.165) is 22.3 Å². The lowest BCUT2D eigenvalue weighted by Crippen LogP contribution is -2.07. The van der Waals surface area contributed by atoms with E-state index < -0.39 is 6.29 Å². The van der Waals surface area contributed by atoms with Crippen LogP contribution in [0.2, 0.25) is 0 Å². The maximum absolute atomic E-state index is 11.8. The van der Waals surface area contributed by atoms with Crippen molar-refractivity contribution in [2.75, 3.05) is 27.4 Å². The van der Waals surface area contributed by atoms with Gasteiger partial charge in [-0.05, 0) is 48.9 Å². The maximum atomic E-state index is 11.8. The molecular formula is C24H34O7S2. The van der Waals surface area contributed by atoms with Gasteiger partial charge in [0.2, 0.25) is 0 Å². The lowest BCUT2D eigenvalue weighted by molar-refractivity contribution is -0.138. The number of carbonyl (C=O) groups is 3. The summed E-state index contributed by atoms with van der Waals surface area (Å²) >= 11 is 2.56. The number of hydrogen-bond acceptors (Lipinski definition) is 9. The summed E-state index contributed by atoms with van der Waals surface area (Å²) < 4.78 is 20.6. The molecule has 0 aliphatic carbocycles. The summed E-state index contributed by atoms with van der Waals surface area (Å²) in [5, 5.41) is 0. The van der Waals surface area contributed by atoms with E-state index in [1.54, 1.807) is 6.07 Å². The van der Waals surface area contributed by atoms with Gasteiger partial charge in [0.05, 0.1) is 24.0 Å². The fraction of sp³-hybridized carbons (Fsp3) is 0.542. The van der Waals surface area contributed by atoms with E-state index in [9.17, 15) is 14.4 Å². The Labute approximate surface area is 204 Å². The molecule has 0 spiro atoms. The summed E-state index contributed by atoms with van der Waals surface area (Å²) in [6, 6.07) is 3.73. The van der Waals surface area contributed by atoms with Gasteiger partial charge in [-0.3, -0.25) is 4.79 Å². The first-order valence-electron chi connectivity index (χ1n) is 10.8. The molecule has 0 atom stereocenters. The maximum Gasteiger partial charge on any atom is 0.348 e. The number of carbonyl (C=O) groups excluding carboxylic acids is 3. The fourth-order valence-corrected chi connectivity index (χ4v) is 5.18. The number of esters is 2. The normalized spacial score (nSPS) is 10.9. The monoisotopic (exact) mass is 498 g/mol. The lowest BCUT2D eigenvalue weighted by atomic mass is 10.0. The van der Waals surface area contributed by atoms with Gasteiger partial charge in [-0.15, -0.1) is 22.7 Å². The van der Waals surface area contributed by atoms with Gasteiger partial charge in [0.25, 0.3) is 0 Å². The number of methoxy groups -OCH3 is 2. The number of rotatable bonds is 10. The Morgan fingerprint density at radius 1 is 0.848 bits per heavy atom. The minimum atomic E-state index is -0.407. The number of hydrogen-bond donors (Lipinski definition) is 0. The van der Waals surface area contributed by atoms with Crippen LogP contribution in [-0.2, 0) is 18.9 Å². The number of aldehydes is 1. The minimum absolute atomic E-state index is 0.217. The van der Waals surface area contributed by atoms with Crippen molar-refractivity contribution in [3.63, 3.8) is 0 Å². The molecule has 0 radical (unpaired) electrons. The Hall–Kier alpha value is -2.07. The zero-order valence-electron chi connectivity index (χ0n) is 20.6. The fourth-order valence-electron chi connectivity index (χ4n) is 2.90. The first-order chi connectivity index (χ1) is 15.6. The summed E-state index contributed by atoms with van der Waals surface area (Å²) in [5.41, 5.74) is 1.86. The Bertz CT molecular complexity index is 906. The largest absolute Gasteiger partial charge is 0.465 e. The molecule has 0 aliphatic rings. The molecule has 0 saturated carbocycles. The molecule has 0 bridgehead atoms. The summed E-state index contributed by atoms with van der Waals surface area (Å²) in [5.74, 6) is -0.199. The molecule has 184 valence electrons. The second-order valence-electron chi connectivity index (χ2n) is 7.52.